The van der Waals surface area contributed by atoms with Gasteiger partial charge in [-0.25, -0.2) is 9.37 Å². The molecule has 0 spiro atoms. The SMILES string of the molecule is CC(C)Cn1c(-c2ccc(F)cc2)nc2cc(CC(=O)O)ccc21. The van der Waals surface area contributed by atoms with Crippen molar-refractivity contribution in [1.82, 2.24) is 9.55 Å². The number of nitrogens with zero attached hydrogens (tertiary/aromatic N) is 2. The summed E-state index contributed by atoms with van der Waals surface area (Å²) >= 11 is 0. The molecule has 3 rings (SSSR count). The average Bonchev–Trinajstić information content (AvgIpc) is 2.85. The quantitative estimate of drug-likeness (QED) is 0.767. The molecule has 0 amide bonds. The number of carbonyl (C=O) groups is 1. The zero-order valence-electron chi connectivity index (χ0n) is 13.7. The number of hydrogen-bond acceptors (Lipinski definition) is 2. The highest BCUT2D eigenvalue weighted by atomic mass is 19.1. The van der Waals surface area contributed by atoms with Crippen molar-refractivity contribution in [3.05, 3.63) is 53.8 Å². The van der Waals surface area contributed by atoms with Gasteiger partial charge in [-0.15, -0.1) is 0 Å². The molecule has 2 aromatic carbocycles. The highest BCUT2D eigenvalue weighted by Gasteiger charge is 2.14. The molecule has 24 heavy (non-hydrogen) atoms. The van der Waals surface area contributed by atoms with E-state index >= 15 is 0 Å². The summed E-state index contributed by atoms with van der Waals surface area (Å²) in [5.74, 6) is 0.0372. The summed E-state index contributed by atoms with van der Waals surface area (Å²) in [7, 11) is 0. The minimum atomic E-state index is -0.866. The molecule has 0 bridgehead atoms. The molecule has 4 nitrogen and oxygen atoms in total. The molecule has 0 aliphatic rings. The van der Waals surface area contributed by atoms with Crippen molar-refractivity contribution in [3.8, 4) is 11.4 Å². The number of imidazole rings is 1. The summed E-state index contributed by atoms with van der Waals surface area (Å²) in [5, 5.41) is 8.96. The molecule has 0 saturated carbocycles. The first-order valence-electron chi connectivity index (χ1n) is 7.91. The number of fused-ring (bicyclic) bond motifs is 1. The van der Waals surface area contributed by atoms with Crippen LogP contribution in [0.1, 0.15) is 19.4 Å². The molecule has 0 saturated heterocycles. The van der Waals surface area contributed by atoms with Crippen molar-refractivity contribution in [2.24, 2.45) is 5.92 Å². The van der Waals surface area contributed by atoms with Gasteiger partial charge in [0.25, 0.3) is 0 Å². The first kappa shape index (κ1) is 16.2. The largest absolute Gasteiger partial charge is 0.481 e. The topological polar surface area (TPSA) is 55.1 Å². The predicted octanol–water partition coefficient (Wildman–Crippen LogP) is 4.13. The molecule has 1 heterocycles. The molecule has 5 heteroatoms. The summed E-state index contributed by atoms with van der Waals surface area (Å²) in [6, 6.07) is 11.8. The van der Waals surface area contributed by atoms with Crippen molar-refractivity contribution < 1.29 is 14.3 Å². The smallest absolute Gasteiger partial charge is 0.307 e. The van der Waals surface area contributed by atoms with Gasteiger partial charge in [0.15, 0.2) is 0 Å². The maximum Gasteiger partial charge on any atom is 0.307 e. The summed E-state index contributed by atoms with van der Waals surface area (Å²) in [6.07, 6.45) is -0.0289. The number of benzene rings is 2. The Morgan fingerprint density at radius 1 is 1.21 bits per heavy atom. The van der Waals surface area contributed by atoms with Gasteiger partial charge < -0.3 is 9.67 Å². The van der Waals surface area contributed by atoms with E-state index in [1.807, 2.05) is 18.2 Å². The molecule has 1 aromatic heterocycles. The van der Waals surface area contributed by atoms with Crippen LogP contribution in [0.5, 0.6) is 0 Å². The second kappa shape index (κ2) is 6.43. The number of aliphatic carboxylic acids is 1. The van der Waals surface area contributed by atoms with Crippen LogP contribution in [0.15, 0.2) is 42.5 Å². The molecular weight excluding hydrogens is 307 g/mol. The second-order valence-corrected chi connectivity index (χ2v) is 6.34. The first-order valence-corrected chi connectivity index (χ1v) is 7.91. The standard InChI is InChI=1S/C19H19FN2O2/c1-12(2)11-22-17-8-3-13(10-18(23)24)9-16(17)21-19(22)14-4-6-15(20)7-5-14/h3-9,12H,10-11H2,1-2H3,(H,23,24). The van der Waals surface area contributed by atoms with Crippen LogP contribution in [-0.2, 0) is 17.8 Å². The van der Waals surface area contributed by atoms with Gasteiger partial charge in [-0.2, -0.15) is 0 Å². The van der Waals surface area contributed by atoms with E-state index in [0.717, 1.165) is 34.5 Å². The Morgan fingerprint density at radius 3 is 2.54 bits per heavy atom. The number of halogens is 1. The molecule has 0 aliphatic carbocycles. The zero-order valence-corrected chi connectivity index (χ0v) is 13.7. The van der Waals surface area contributed by atoms with Crippen molar-refractivity contribution in [1.29, 1.82) is 0 Å². The fourth-order valence-corrected chi connectivity index (χ4v) is 2.83. The van der Waals surface area contributed by atoms with E-state index in [1.54, 1.807) is 12.1 Å². The van der Waals surface area contributed by atoms with Gasteiger partial charge in [0, 0.05) is 12.1 Å². The predicted molar refractivity (Wildman–Crippen MR) is 91.3 cm³/mol. The molecule has 1 N–H and O–H groups in total. The molecular formula is C19H19FN2O2. The summed E-state index contributed by atoms with van der Waals surface area (Å²) < 4.78 is 15.3. The third-order valence-electron chi connectivity index (χ3n) is 3.82. The lowest BCUT2D eigenvalue weighted by Crippen LogP contribution is -2.06. The highest BCUT2D eigenvalue weighted by molar-refractivity contribution is 5.82. The van der Waals surface area contributed by atoms with Crippen LogP contribution in [0, 0.1) is 11.7 Å². The van der Waals surface area contributed by atoms with Crippen molar-refractivity contribution >= 4 is 17.0 Å². The number of rotatable bonds is 5. The maximum absolute atomic E-state index is 13.2. The van der Waals surface area contributed by atoms with E-state index in [4.69, 9.17) is 5.11 Å². The lowest BCUT2D eigenvalue weighted by atomic mass is 10.1. The van der Waals surface area contributed by atoms with Crippen LogP contribution in [0.2, 0.25) is 0 Å². The van der Waals surface area contributed by atoms with Crippen LogP contribution in [-0.4, -0.2) is 20.6 Å². The van der Waals surface area contributed by atoms with E-state index in [-0.39, 0.29) is 12.2 Å². The van der Waals surface area contributed by atoms with Gasteiger partial charge >= 0.3 is 5.97 Å². The van der Waals surface area contributed by atoms with Crippen LogP contribution >= 0.6 is 0 Å². The van der Waals surface area contributed by atoms with E-state index in [0.29, 0.717) is 5.92 Å². The second-order valence-electron chi connectivity index (χ2n) is 6.34. The minimum absolute atomic E-state index is 0.0289. The summed E-state index contributed by atoms with van der Waals surface area (Å²) in [4.78, 5) is 15.6. The molecule has 3 aromatic rings. The third kappa shape index (κ3) is 3.30. The van der Waals surface area contributed by atoms with Gasteiger partial charge in [0.1, 0.15) is 11.6 Å². The molecule has 124 valence electrons. The van der Waals surface area contributed by atoms with Gasteiger partial charge in [-0.05, 0) is 47.9 Å². The number of carboxylic acids is 1. The van der Waals surface area contributed by atoms with Crippen molar-refractivity contribution in [2.45, 2.75) is 26.8 Å². The Bertz CT molecular complexity index is 882. The highest BCUT2D eigenvalue weighted by Crippen LogP contribution is 2.27. The van der Waals surface area contributed by atoms with Crippen LogP contribution in [0.4, 0.5) is 4.39 Å². The van der Waals surface area contributed by atoms with E-state index in [2.05, 4.69) is 23.4 Å². The molecule has 0 atom stereocenters. The molecule has 0 radical (unpaired) electrons. The van der Waals surface area contributed by atoms with Gasteiger partial charge in [-0.3, -0.25) is 4.79 Å². The Balaban J connectivity index is 2.15. The lowest BCUT2D eigenvalue weighted by molar-refractivity contribution is -0.136. The van der Waals surface area contributed by atoms with E-state index < -0.39 is 5.97 Å². The number of aromatic nitrogens is 2. The van der Waals surface area contributed by atoms with Gasteiger partial charge in [-0.1, -0.05) is 19.9 Å². The Hall–Kier alpha value is -2.69. The average molecular weight is 326 g/mol. The van der Waals surface area contributed by atoms with E-state index in [9.17, 15) is 9.18 Å². The first-order chi connectivity index (χ1) is 11.4. The normalized spacial score (nSPS) is 11.3. The fraction of sp³-hybridized carbons (Fsp3) is 0.263. The summed E-state index contributed by atoms with van der Waals surface area (Å²) in [5.41, 5.74) is 3.27. The number of carboxylic acid groups (broad SMARTS) is 1. The molecule has 0 aliphatic heterocycles. The van der Waals surface area contributed by atoms with Crippen LogP contribution in [0.3, 0.4) is 0 Å². The van der Waals surface area contributed by atoms with E-state index in [1.165, 1.54) is 12.1 Å². The Labute approximate surface area is 139 Å². The Kier molecular flexibility index (Phi) is 4.34. The number of hydrogen-bond donors (Lipinski definition) is 1. The van der Waals surface area contributed by atoms with Crippen molar-refractivity contribution in [2.75, 3.05) is 0 Å². The minimum Gasteiger partial charge on any atom is -0.481 e. The van der Waals surface area contributed by atoms with Crippen LogP contribution in [0.25, 0.3) is 22.4 Å². The van der Waals surface area contributed by atoms with Crippen LogP contribution < -0.4 is 0 Å². The molecule has 0 fully saturated rings. The Morgan fingerprint density at radius 2 is 1.92 bits per heavy atom. The van der Waals surface area contributed by atoms with Gasteiger partial charge in [0.2, 0.25) is 0 Å². The third-order valence-corrected chi connectivity index (χ3v) is 3.82. The zero-order chi connectivity index (χ0) is 17.3. The fourth-order valence-electron chi connectivity index (χ4n) is 2.83. The lowest BCUT2D eigenvalue weighted by Gasteiger charge is -2.12. The molecule has 0 unspecified atom stereocenters. The van der Waals surface area contributed by atoms with Crippen molar-refractivity contribution in [3.63, 3.8) is 0 Å². The summed E-state index contributed by atoms with van der Waals surface area (Å²) in [6.45, 7) is 5.03. The maximum atomic E-state index is 13.2. The van der Waals surface area contributed by atoms with Gasteiger partial charge in [0.05, 0.1) is 17.5 Å². The monoisotopic (exact) mass is 326 g/mol.